The predicted molar refractivity (Wildman–Crippen MR) is 111 cm³/mol. The Morgan fingerprint density at radius 2 is 1.61 bits per heavy atom. The largest absolute Gasteiger partial charge is 0.442 e. The number of nitrogens with one attached hydrogen (secondary N) is 2. The summed E-state index contributed by atoms with van der Waals surface area (Å²) in [6.07, 6.45) is -0.480. The van der Waals surface area contributed by atoms with Crippen molar-refractivity contribution in [1.82, 2.24) is 10.7 Å². The van der Waals surface area contributed by atoms with Crippen LogP contribution in [0.3, 0.4) is 0 Å². The number of hydrogen-bond donors (Lipinski definition) is 2. The number of carbonyl (C=O) groups is 2. The number of ether oxygens (including phenoxy) is 1. The van der Waals surface area contributed by atoms with Crippen molar-refractivity contribution >= 4 is 17.7 Å². The summed E-state index contributed by atoms with van der Waals surface area (Å²) in [4.78, 5) is 24.7. The fraction of sp³-hybridized carbons (Fsp3) is 0.364. The molecule has 6 nitrogen and oxygen atoms in total. The molecule has 2 N–H and O–H groups in total. The fourth-order valence-corrected chi connectivity index (χ4v) is 2.44. The summed E-state index contributed by atoms with van der Waals surface area (Å²) >= 11 is 0. The maximum Gasteiger partial charge on any atom is 0.429 e. The first-order valence-electron chi connectivity index (χ1n) is 9.37. The third-order valence-electron chi connectivity index (χ3n) is 3.67. The number of para-hydroxylation sites is 1. The van der Waals surface area contributed by atoms with E-state index in [1.165, 1.54) is 5.01 Å². The van der Waals surface area contributed by atoms with Crippen LogP contribution in [0, 0.1) is 0 Å². The first kappa shape index (κ1) is 21.4. The predicted octanol–water partition coefficient (Wildman–Crippen LogP) is 4.27. The molecule has 150 valence electrons. The lowest BCUT2D eigenvalue weighted by Crippen LogP contribution is -2.45. The molecule has 28 heavy (non-hydrogen) atoms. The quantitative estimate of drug-likeness (QED) is 0.731. The molecule has 0 radical (unpaired) electrons. The van der Waals surface area contributed by atoms with Crippen LogP contribution in [0.15, 0.2) is 54.6 Å². The maximum atomic E-state index is 12.6. The van der Waals surface area contributed by atoms with Gasteiger partial charge in [0.1, 0.15) is 5.60 Å². The third kappa shape index (κ3) is 6.70. The van der Waals surface area contributed by atoms with Gasteiger partial charge in [0.05, 0.1) is 5.69 Å². The molecule has 2 amide bonds. The number of carbonyl (C=O) groups excluding carboxylic acids is 2. The van der Waals surface area contributed by atoms with Gasteiger partial charge in [-0.25, -0.2) is 15.2 Å². The van der Waals surface area contributed by atoms with Crippen LogP contribution < -0.4 is 15.8 Å². The van der Waals surface area contributed by atoms with E-state index in [0.29, 0.717) is 17.8 Å². The van der Waals surface area contributed by atoms with Crippen molar-refractivity contribution < 1.29 is 14.3 Å². The lowest BCUT2D eigenvalue weighted by Gasteiger charge is -2.27. The first-order valence-corrected chi connectivity index (χ1v) is 9.37. The van der Waals surface area contributed by atoms with Crippen molar-refractivity contribution in [2.45, 2.75) is 52.8 Å². The highest BCUT2D eigenvalue weighted by molar-refractivity contribution is 5.94. The van der Waals surface area contributed by atoms with E-state index >= 15 is 0 Å². The standard InChI is InChI=1S/C22H29N3O3/c1-16(2)24-20(26)18-13-11-17(12-14-18)15-23-25(19-9-7-6-8-10-19)21(27)28-22(3,4)5/h6-14,16,23H,15H2,1-5H3,(H,24,26). The minimum Gasteiger partial charge on any atom is -0.442 e. The van der Waals surface area contributed by atoms with Crippen molar-refractivity contribution in [2.75, 3.05) is 5.01 Å². The number of anilines is 1. The highest BCUT2D eigenvalue weighted by atomic mass is 16.6. The second kappa shape index (κ2) is 9.37. The minimum atomic E-state index is -0.600. The van der Waals surface area contributed by atoms with Crippen molar-refractivity contribution in [3.8, 4) is 0 Å². The normalized spacial score (nSPS) is 11.2. The van der Waals surface area contributed by atoms with Gasteiger partial charge in [-0.3, -0.25) is 4.79 Å². The van der Waals surface area contributed by atoms with Gasteiger partial charge >= 0.3 is 6.09 Å². The Bertz CT molecular complexity index is 781. The first-order chi connectivity index (χ1) is 13.2. The van der Waals surface area contributed by atoms with Crippen LogP contribution in [-0.2, 0) is 11.3 Å². The molecule has 0 saturated heterocycles. The van der Waals surface area contributed by atoms with Crippen molar-refractivity contribution in [3.05, 3.63) is 65.7 Å². The molecule has 0 aromatic heterocycles. The van der Waals surface area contributed by atoms with Crippen LogP contribution in [0.5, 0.6) is 0 Å². The van der Waals surface area contributed by atoms with Gasteiger partial charge in [0.25, 0.3) is 5.91 Å². The molecule has 0 aliphatic rings. The third-order valence-corrected chi connectivity index (χ3v) is 3.67. The number of hydrazine groups is 1. The molecule has 0 heterocycles. The molecule has 0 aliphatic carbocycles. The summed E-state index contributed by atoms with van der Waals surface area (Å²) in [7, 11) is 0. The number of benzene rings is 2. The van der Waals surface area contributed by atoms with Gasteiger partial charge in [0.15, 0.2) is 0 Å². The van der Waals surface area contributed by atoms with Gasteiger partial charge in [0.2, 0.25) is 0 Å². The zero-order chi connectivity index (χ0) is 20.7. The molecule has 0 saturated carbocycles. The van der Waals surface area contributed by atoms with Crippen LogP contribution in [-0.4, -0.2) is 23.6 Å². The highest BCUT2D eigenvalue weighted by Gasteiger charge is 2.23. The number of hydrogen-bond acceptors (Lipinski definition) is 4. The molecule has 0 unspecified atom stereocenters. The molecule has 0 fully saturated rings. The van der Waals surface area contributed by atoms with E-state index in [2.05, 4.69) is 10.7 Å². The fourth-order valence-electron chi connectivity index (χ4n) is 2.44. The smallest absolute Gasteiger partial charge is 0.429 e. The van der Waals surface area contributed by atoms with E-state index in [9.17, 15) is 9.59 Å². The highest BCUT2D eigenvalue weighted by Crippen LogP contribution is 2.17. The summed E-state index contributed by atoms with van der Waals surface area (Å²) in [5.41, 5.74) is 4.74. The molecule has 0 spiro atoms. The van der Waals surface area contributed by atoms with Gasteiger partial charge in [-0.2, -0.15) is 0 Å². The molecule has 2 aromatic rings. The maximum absolute atomic E-state index is 12.6. The lowest BCUT2D eigenvalue weighted by molar-refractivity contribution is 0.0560. The molecule has 6 heteroatoms. The molecule has 0 atom stereocenters. The summed E-state index contributed by atoms with van der Waals surface area (Å²) in [6.45, 7) is 9.73. The Hall–Kier alpha value is -2.86. The molecule has 0 aliphatic heterocycles. The number of rotatable bonds is 6. The second-order valence-electron chi connectivity index (χ2n) is 7.81. The Morgan fingerprint density at radius 3 is 2.14 bits per heavy atom. The monoisotopic (exact) mass is 383 g/mol. The van der Waals surface area contributed by atoms with E-state index in [-0.39, 0.29) is 11.9 Å². The van der Waals surface area contributed by atoms with E-state index in [1.807, 2.05) is 77.1 Å². The minimum absolute atomic E-state index is 0.0853. The van der Waals surface area contributed by atoms with Gasteiger partial charge in [0, 0.05) is 18.2 Å². The zero-order valence-electron chi connectivity index (χ0n) is 17.2. The Kier molecular flexibility index (Phi) is 7.18. The summed E-state index contributed by atoms with van der Waals surface area (Å²) in [6, 6.07) is 16.6. The second-order valence-corrected chi connectivity index (χ2v) is 7.81. The van der Waals surface area contributed by atoms with Gasteiger partial charge < -0.3 is 10.1 Å². The van der Waals surface area contributed by atoms with Gasteiger partial charge in [-0.1, -0.05) is 30.3 Å². The molecule has 2 aromatic carbocycles. The van der Waals surface area contributed by atoms with Gasteiger partial charge in [-0.05, 0) is 64.4 Å². The summed E-state index contributed by atoms with van der Waals surface area (Å²) < 4.78 is 5.50. The number of nitrogens with zero attached hydrogens (tertiary/aromatic N) is 1. The van der Waals surface area contributed by atoms with Crippen LogP contribution in [0.1, 0.15) is 50.5 Å². The Balaban J connectivity index is 2.08. The average Bonchev–Trinajstić information content (AvgIpc) is 2.61. The molecular formula is C22H29N3O3. The van der Waals surface area contributed by atoms with E-state index in [0.717, 1.165) is 5.56 Å². The Labute approximate surface area is 166 Å². The molecular weight excluding hydrogens is 354 g/mol. The summed E-state index contributed by atoms with van der Waals surface area (Å²) in [5.74, 6) is -0.103. The van der Waals surface area contributed by atoms with Crippen LogP contribution in [0.4, 0.5) is 10.5 Å². The topological polar surface area (TPSA) is 70.7 Å². The summed E-state index contributed by atoms with van der Waals surface area (Å²) in [5, 5.41) is 4.26. The Morgan fingerprint density at radius 1 is 1.00 bits per heavy atom. The van der Waals surface area contributed by atoms with Crippen LogP contribution >= 0.6 is 0 Å². The number of amides is 2. The zero-order valence-corrected chi connectivity index (χ0v) is 17.2. The lowest BCUT2D eigenvalue weighted by atomic mass is 10.1. The van der Waals surface area contributed by atoms with E-state index in [4.69, 9.17) is 4.74 Å². The average molecular weight is 383 g/mol. The van der Waals surface area contributed by atoms with Crippen LogP contribution in [0.25, 0.3) is 0 Å². The van der Waals surface area contributed by atoms with Crippen LogP contribution in [0.2, 0.25) is 0 Å². The SMILES string of the molecule is CC(C)NC(=O)c1ccc(CNN(C(=O)OC(C)(C)C)c2ccccc2)cc1. The molecule has 0 bridgehead atoms. The molecule has 2 rings (SSSR count). The van der Waals surface area contributed by atoms with Gasteiger partial charge in [-0.15, -0.1) is 0 Å². The van der Waals surface area contributed by atoms with E-state index in [1.54, 1.807) is 12.1 Å². The van der Waals surface area contributed by atoms with Crippen molar-refractivity contribution in [3.63, 3.8) is 0 Å². The van der Waals surface area contributed by atoms with Crippen molar-refractivity contribution in [1.29, 1.82) is 0 Å². The van der Waals surface area contributed by atoms with Crippen molar-refractivity contribution in [2.24, 2.45) is 0 Å². The van der Waals surface area contributed by atoms with E-state index < -0.39 is 11.7 Å².